The lowest BCUT2D eigenvalue weighted by Crippen LogP contribution is -2.38. The summed E-state index contributed by atoms with van der Waals surface area (Å²) in [6.45, 7) is 5.32. The quantitative estimate of drug-likeness (QED) is 0.883. The van der Waals surface area contributed by atoms with Gasteiger partial charge in [0, 0.05) is 38.1 Å². The first-order valence-electron chi connectivity index (χ1n) is 10.5. The number of likely N-dealkylation sites (tertiary alicyclic amines) is 2. The number of carbonyl (C=O) groups excluding carboxylic acids is 1. The zero-order chi connectivity index (χ0) is 17.9. The van der Waals surface area contributed by atoms with Gasteiger partial charge in [0.15, 0.2) is 0 Å². The molecule has 1 aromatic rings. The van der Waals surface area contributed by atoms with E-state index in [1.54, 1.807) is 0 Å². The van der Waals surface area contributed by atoms with Gasteiger partial charge in [-0.2, -0.15) is 0 Å². The summed E-state index contributed by atoms with van der Waals surface area (Å²) in [5.74, 6) is 2.13. The lowest BCUT2D eigenvalue weighted by molar-refractivity contribution is -0.135. The molecular weight excluding hydrogens is 322 g/mol. The topological polar surface area (TPSA) is 49.6 Å². The summed E-state index contributed by atoms with van der Waals surface area (Å²) < 4.78 is 0. The minimum Gasteiger partial charge on any atom is -0.342 e. The lowest BCUT2D eigenvalue weighted by Gasteiger charge is -2.28. The largest absolute Gasteiger partial charge is 0.342 e. The van der Waals surface area contributed by atoms with Crippen molar-refractivity contribution in [3.05, 3.63) is 35.9 Å². The van der Waals surface area contributed by atoms with Crippen LogP contribution in [-0.2, 0) is 4.79 Å². The van der Waals surface area contributed by atoms with E-state index in [4.69, 9.17) is 5.73 Å². The van der Waals surface area contributed by atoms with Gasteiger partial charge in [-0.3, -0.25) is 4.79 Å². The molecule has 1 aliphatic carbocycles. The minimum atomic E-state index is 0.126. The van der Waals surface area contributed by atoms with Crippen molar-refractivity contribution in [1.29, 1.82) is 0 Å². The third-order valence-electron chi connectivity index (χ3n) is 6.81. The fourth-order valence-electron chi connectivity index (χ4n) is 5.25. The van der Waals surface area contributed by atoms with Gasteiger partial charge in [0.05, 0.1) is 0 Å². The summed E-state index contributed by atoms with van der Waals surface area (Å²) in [7, 11) is 0. The molecule has 2 aliphatic heterocycles. The highest BCUT2D eigenvalue weighted by Gasteiger charge is 2.42. The Kier molecular flexibility index (Phi) is 5.60. The zero-order valence-electron chi connectivity index (χ0n) is 15.9. The Bertz CT molecular complexity index is 585. The molecule has 0 radical (unpaired) electrons. The number of benzene rings is 1. The second-order valence-corrected chi connectivity index (χ2v) is 8.66. The molecular formula is C22H33N3O. The summed E-state index contributed by atoms with van der Waals surface area (Å²) in [4.78, 5) is 17.5. The van der Waals surface area contributed by atoms with E-state index in [0.717, 1.165) is 52.0 Å². The number of rotatable bonds is 5. The summed E-state index contributed by atoms with van der Waals surface area (Å²) >= 11 is 0. The van der Waals surface area contributed by atoms with Crippen molar-refractivity contribution >= 4 is 5.91 Å². The van der Waals surface area contributed by atoms with Crippen molar-refractivity contribution in [3.63, 3.8) is 0 Å². The zero-order valence-corrected chi connectivity index (χ0v) is 15.9. The fourth-order valence-corrected chi connectivity index (χ4v) is 5.25. The van der Waals surface area contributed by atoms with Crippen LogP contribution in [-0.4, -0.2) is 48.4 Å². The van der Waals surface area contributed by atoms with Gasteiger partial charge in [-0.25, -0.2) is 0 Å². The van der Waals surface area contributed by atoms with Gasteiger partial charge in [-0.15, -0.1) is 0 Å². The first-order valence-corrected chi connectivity index (χ1v) is 10.5. The van der Waals surface area contributed by atoms with Crippen LogP contribution < -0.4 is 5.73 Å². The van der Waals surface area contributed by atoms with Gasteiger partial charge in [0.2, 0.25) is 5.91 Å². The summed E-state index contributed by atoms with van der Waals surface area (Å²) in [6, 6.07) is 10.5. The molecule has 142 valence electrons. The Morgan fingerprint density at radius 1 is 1.00 bits per heavy atom. The Labute approximate surface area is 157 Å². The highest BCUT2D eigenvalue weighted by molar-refractivity contribution is 5.79. The maximum absolute atomic E-state index is 12.8. The van der Waals surface area contributed by atoms with Gasteiger partial charge in [-0.05, 0) is 43.2 Å². The Morgan fingerprint density at radius 3 is 2.31 bits per heavy atom. The number of nitrogens with zero attached hydrogens (tertiary/aromatic N) is 2. The SMILES string of the molecule is N[C@@H](CCN1CC2CN(C(=O)C3CCCCC3)CC2C1)c1ccccc1. The maximum atomic E-state index is 12.8. The number of nitrogens with two attached hydrogens (primary N) is 1. The van der Waals surface area contributed by atoms with Crippen LogP contribution >= 0.6 is 0 Å². The Morgan fingerprint density at radius 2 is 1.65 bits per heavy atom. The molecule has 2 N–H and O–H groups in total. The van der Waals surface area contributed by atoms with Crippen molar-refractivity contribution in [2.45, 2.75) is 44.6 Å². The second-order valence-electron chi connectivity index (χ2n) is 8.66. The number of carbonyl (C=O) groups is 1. The first kappa shape index (κ1) is 18.0. The van der Waals surface area contributed by atoms with Gasteiger partial charge >= 0.3 is 0 Å². The molecule has 2 heterocycles. The van der Waals surface area contributed by atoms with E-state index in [-0.39, 0.29) is 6.04 Å². The first-order chi connectivity index (χ1) is 12.7. The van der Waals surface area contributed by atoms with Crippen molar-refractivity contribution in [2.24, 2.45) is 23.5 Å². The second kappa shape index (κ2) is 8.10. The van der Waals surface area contributed by atoms with E-state index in [9.17, 15) is 4.79 Å². The third-order valence-corrected chi connectivity index (χ3v) is 6.81. The highest BCUT2D eigenvalue weighted by Crippen LogP contribution is 2.34. The molecule has 3 atom stereocenters. The smallest absolute Gasteiger partial charge is 0.225 e. The monoisotopic (exact) mass is 355 g/mol. The van der Waals surface area contributed by atoms with Crippen molar-refractivity contribution in [2.75, 3.05) is 32.7 Å². The van der Waals surface area contributed by atoms with E-state index >= 15 is 0 Å². The Balaban J connectivity index is 1.23. The summed E-state index contributed by atoms with van der Waals surface area (Å²) in [6.07, 6.45) is 7.05. The molecule has 2 saturated heterocycles. The summed E-state index contributed by atoms with van der Waals surface area (Å²) in [5, 5.41) is 0. The van der Waals surface area contributed by atoms with E-state index in [2.05, 4.69) is 34.1 Å². The van der Waals surface area contributed by atoms with E-state index < -0.39 is 0 Å². The van der Waals surface area contributed by atoms with Gasteiger partial charge in [-0.1, -0.05) is 49.6 Å². The number of amides is 1. The van der Waals surface area contributed by atoms with Crippen molar-refractivity contribution in [3.8, 4) is 0 Å². The molecule has 1 aromatic carbocycles. The molecule has 0 bridgehead atoms. The predicted octanol–water partition coefficient (Wildman–Crippen LogP) is 3.05. The minimum absolute atomic E-state index is 0.126. The molecule has 3 fully saturated rings. The molecule has 1 amide bonds. The molecule has 4 heteroatoms. The molecule has 0 aromatic heterocycles. The molecule has 2 unspecified atom stereocenters. The van der Waals surface area contributed by atoms with Crippen molar-refractivity contribution in [1.82, 2.24) is 9.80 Å². The van der Waals surface area contributed by atoms with Crippen LogP contribution in [0.25, 0.3) is 0 Å². The molecule has 4 rings (SSSR count). The number of hydrogen-bond acceptors (Lipinski definition) is 3. The van der Waals surface area contributed by atoms with Gasteiger partial charge in [0.25, 0.3) is 0 Å². The molecule has 3 aliphatic rings. The predicted molar refractivity (Wildman–Crippen MR) is 105 cm³/mol. The van der Waals surface area contributed by atoms with Crippen LogP contribution in [0.15, 0.2) is 30.3 Å². The van der Waals surface area contributed by atoms with Crippen LogP contribution in [0.4, 0.5) is 0 Å². The van der Waals surface area contributed by atoms with Crippen LogP contribution in [0.1, 0.15) is 50.1 Å². The van der Waals surface area contributed by atoms with E-state index in [1.165, 1.54) is 24.8 Å². The average molecular weight is 356 g/mol. The fraction of sp³-hybridized carbons (Fsp3) is 0.682. The Hall–Kier alpha value is -1.39. The normalized spacial score (nSPS) is 28.3. The summed E-state index contributed by atoms with van der Waals surface area (Å²) in [5.41, 5.74) is 7.59. The van der Waals surface area contributed by atoms with Gasteiger partial charge < -0.3 is 15.5 Å². The van der Waals surface area contributed by atoms with E-state index in [0.29, 0.717) is 23.7 Å². The van der Waals surface area contributed by atoms with Gasteiger partial charge in [0.1, 0.15) is 0 Å². The highest BCUT2D eigenvalue weighted by atomic mass is 16.2. The average Bonchev–Trinajstić information content (AvgIpc) is 3.25. The van der Waals surface area contributed by atoms with Crippen LogP contribution in [0.3, 0.4) is 0 Å². The molecule has 0 spiro atoms. The molecule has 4 nitrogen and oxygen atoms in total. The van der Waals surface area contributed by atoms with Crippen LogP contribution in [0.2, 0.25) is 0 Å². The standard InChI is InChI=1S/C22H33N3O/c23-21(17-7-3-1-4-8-17)11-12-24-13-19-15-25(16-20(19)14-24)22(26)18-9-5-2-6-10-18/h1,3-4,7-8,18-21H,2,5-6,9-16,23H2/t19?,20?,21-/m0/s1. The third kappa shape index (κ3) is 3.96. The number of hydrogen-bond donors (Lipinski definition) is 1. The van der Waals surface area contributed by atoms with Crippen LogP contribution in [0, 0.1) is 17.8 Å². The molecule has 1 saturated carbocycles. The van der Waals surface area contributed by atoms with E-state index in [1.807, 2.05) is 6.07 Å². The van der Waals surface area contributed by atoms with Crippen LogP contribution in [0.5, 0.6) is 0 Å². The van der Waals surface area contributed by atoms with Crippen molar-refractivity contribution < 1.29 is 4.79 Å². The lowest BCUT2D eigenvalue weighted by atomic mass is 9.88. The number of fused-ring (bicyclic) bond motifs is 1. The maximum Gasteiger partial charge on any atom is 0.225 e. The molecule has 26 heavy (non-hydrogen) atoms.